The highest BCUT2D eigenvalue weighted by Crippen LogP contribution is 2.37. The Kier molecular flexibility index (Phi) is 8.52. The van der Waals surface area contributed by atoms with Crippen LogP contribution in [0.3, 0.4) is 0 Å². The van der Waals surface area contributed by atoms with Crippen molar-refractivity contribution in [3.8, 4) is 6.07 Å². The van der Waals surface area contributed by atoms with E-state index in [1.54, 1.807) is 29.2 Å². The van der Waals surface area contributed by atoms with E-state index in [4.69, 9.17) is 5.11 Å². The van der Waals surface area contributed by atoms with Crippen LogP contribution in [0.4, 0.5) is 10.7 Å². The molecule has 40 heavy (non-hydrogen) atoms. The van der Waals surface area contributed by atoms with Crippen molar-refractivity contribution in [1.29, 1.82) is 5.26 Å². The van der Waals surface area contributed by atoms with Crippen LogP contribution in [0.5, 0.6) is 0 Å². The van der Waals surface area contributed by atoms with Crippen molar-refractivity contribution in [3.63, 3.8) is 0 Å². The van der Waals surface area contributed by atoms with Crippen LogP contribution < -0.4 is 10.6 Å². The van der Waals surface area contributed by atoms with E-state index in [0.717, 1.165) is 28.6 Å². The van der Waals surface area contributed by atoms with Gasteiger partial charge in [-0.3, -0.25) is 14.4 Å². The Balaban J connectivity index is 1.40. The Morgan fingerprint density at radius 3 is 2.50 bits per heavy atom. The van der Waals surface area contributed by atoms with Crippen LogP contribution in [0.2, 0.25) is 0 Å². The summed E-state index contributed by atoms with van der Waals surface area (Å²) in [5, 5.41) is 34.0. The van der Waals surface area contributed by atoms with E-state index in [-0.39, 0.29) is 28.7 Å². The summed E-state index contributed by atoms with van der Waals surface area (Å²) in [6.45, 7) is 2.43. The molecule has 1 aromatic heterocycles. The van der Waals surface area contributed by atoms with Crippen LogP contribution in [-0.2, 0) is 22.6 Å². The highest BCUT2D eigenvalue weighted by Gasteiger charge is 2.26. The first kappa shape index (κ1) is 28.3. The lowest BCUT2D eigenvalue weighted by molar-refractivity contribution is -0.129. The van der Waals surface area contributed by atoms with Crippen LogP contribution in [0.1, 0.15) is 54.0 Å². The van der Waals surface area contributed by atoms with Crippen molar-refractivity contribution < 1.29 is 34.2 Å². The molecule has 0 radical (unpaired) electrons. The van der Waals surface area contributed by atoms with Crippen LogP contribution in [0.15, 0.2) is 47.4 Å². The molecule has 4 rings (SSSR count). The number of nitriles is 1. The second kappa shape index (κ2) is 12.0. The number of rotatable bonds is 8. The molecule has 1 aliphatic heterocycles. The molecule has 2 aromatic carbocycles. The Morgan fingerprint density at radius 2 is 1.82 bits per heavy atom. The number of thioether (sulfide) groups is 1. The highest BCUT2D eigenvalue weighted by atomic mass is 32.2. The Morgan fingerprint density at radius 1 is 1.05 bits per heavy atom. The maximum Gasteiger partial charge on any atom is 0.336 e. The van der Waals surface area contributed by atoms with E-state index in [1.165, 1.54) is 30.0 Å². The Bertz CT molecular complexity index is 1590. The first-order valence-electron chi connectivity index (χ1n) is 11.8. The lowest BCUT2D eigenvalue weighted by atomic mass is 10.0. The number of nitrogens with one attached hydrogen (secondary N) is 2. The number of nitrogens with zero attached hydrogens (tertiary/aromatic N) is 2. The maximum atomic E-state index is 12.8. The van der Waals surface area contributed by atoms with Gasteiger partial charge >= 0.3 is 11.9 Å². The van der Waals surface area contributed by atoms with Crippen LogP contribution in [0.25, 0.3) is 0 Å². The van der Waals surface area contributed by atoms with E-state index in [1.807, 2.05) is 0 Å². The molecular weight excluding hydrogens is 556 g/mol. The topological polar surface area (TPSA) is 177 Å². The second-order valence-electron chi connectivity index (χ2n) is 8.70. The van der Waals surface area contributed by atoms with Crippen molar-refractivity contribution in [1.82, 2.24) is 4.90 Å². The molecule has 0 bridgehead atoms. The molecule has 4 N–H and O–H groups in total. The number of carbonyl (C=O) groups is 5. The van der Waals surface area contributed by atoms with Crippen molar-refractivity contribution in [2.45, 2.75) is 24.8 Å². The third-order valence-corrected chi connectivity index (χ3v) is 8.20. The van der Waals surface area contributed by atoms with Gasteiger partial charge in [0.05, 0.1) is 34.6 Å². The van der Waals surface area contributed by atoms with Crippen molar-refractivity contribution in [2.24, 2.45) is 0 Å². The molecule has 204 valence electrons. The van der Waals surface area contributed by atoms with Crippen molar-refractivity contribution in [2.75, 3.05) is 22.9 Å². The molecule has 3 aromatic rings. The quantitative estimate of drug-likeness (QED) is 0.289. The number of fused-ring (bicyclic) bond motifs is 1. The fourth-order valence-corrected chi connectivity index (χ4v) is 6.09. The van der Waals surface area contributed by atoms with Gasteiger partial charge in [-0.15, -0.1) is 23.1 Å². The van der Waals surface area contributed by atoms with E-state index >= 15 is 0 Å². The summed E-state index contributed by atoms with van der Waals surface area (Å²) >= 11 is 2.49. The molecule has 0 aliphatic carbocycles. The van der Waals surface area contributed by atoms with Gasteiger partial charge in [0.2, 0.25) is 11.8 Å². The molecule has 3 amide bonds. The highest BCUT2D eigenvalue weighted by molar-refractivity contribution is 8.00. The third-order valence-electron chi connectivity index (χ3n) is 6.07. The fourth-order valence-electron chi connectivity index (χ4n) is 4.10. The molecule has 0 atom stereocenters. The minimum atomic E-state index is -1.44. The summed E-state index contributed by atoms with van der Waals surface area (Å²) in [6.07, 6.45) is 0.551. The average Bonchev–Trinajstić information content (AvgIpc) is 3.27. The largest absolute Gasteiger partial charge is 0.478 e. The smallest absolute Gasteiger partial charge is 0.336 e. The van der Waals surface area contributed by atoms with Crippen LogP contribution in [-0.4, -0.2) is 57.1 Å². The third kappa shape index (κ3) is 6.31. The van der Waals surface area contributed by atoms with Crippen LogP contribution >= 0.6 is 23.1 Å². The fraction of sp³-hybridized carbons (Fsp3) is 0.185. The predicted octanol–water partition coefficient (Wildman–Crippen LogP) is 3.90. The number of carboxylic acids is 2. The molecule has 13 heteroatoms. The Hall–Kier alpha value is -4.67. The van der Waals surface area contributed by atoms with E-state index in [0.29, 0.717) is 40.7 Å². The maximum absolute atomic E-state index is 12.8. The molecule has 11 nitrogen and oxygen atoms in total. The summed E-state index contributed by atoms with van der Waals surface area (Å²) in [4.78, 5) is 63.2. The first-order chi connectivity index (χ1) is 19.1. The van der Waals surface area contributed by atoms with Gasteiger partial charge < -0.3 is 25.7 Å². The van der Waals surface area contributed by atoms with Gasteiger partial charge in [0.15, 0.2) is 0 Å². The van der Waals surface area contributed by atoms with Gasteiger partial charge in [-0.05, 0) is 48.4 Å². The van der Waals surface area contributed by atoms with Gasteiger partial charge in [-0.25, -0.2) is 9.59 Å². The summed E-state index contributed by atoms with van der Waals surface area (Å²) in [5.41, 5.74) is 0.729. The number of carboxylic acid groups (broad SMARTS) is 2. The minimum absolute atomic E-state index is 0.0181. The summed E-state index contributed by atoms with van der Waals surface area (Å²) in [5.74, 6) is -3.84. The summed E-state index contributed by atoms with van der Waals surface area (Å²) in [6, 6.07) is 12.0. The van der Waals surface area contributed by atoms with Crippen molar-refractivity contribution >= 4 is 63.4 Å². The molecule has 0 spiro atoms. The monoisotopic (exact) mass is 578 g/mol. The van der Waals surface area contributed by atoms with Gasteiger partial charge in [0.1, 0.15) is 11.1 Å². The molecule has 0 fully saturated rings. The molecular formula is C27H22N4O7S2. The second-order valence-corrected chi connectivity index (χ2v) is 10.9. The SMILES string of the molecule is CC(=O)N1CCc2c(sc(NC(=O)CSc3cccc(NC(=O)c4ccc(C(=O)O)cc4C(=O)O)c3)c2C#N)C1. The molecule has 2 heterocycles. The van der Waals surface area contributed by atoms with E-state index < -0.39 is 23.4 Å². The van der Waals surface area contributed by atoms with E-state index in [2.05, 4.69) is 16.7 Å². The number of hydrogen-bond acceptors (Lipinski definition) is 8. The number of benzene rings is 2. The summed E-state index contributed by atoms with van der Waals surface area (Å²) < 4.78 is 0. The number of hydrogen-bond donors (Lipinski definition) is 4. The molecule has 0 saturated carbocycles. The summed E-state index contributed by atoms with van der Waals surface area (Å²) in [7, 11) is 0. The minimum Gasteiger partial charge on any atom is -0.478 e. The van der Waals surface area contributed by atoms with Gasteiger partial charge in [0, 0.05) is 28.9 Å². The lowest BCUT2D eigenvalue weighted by Crippen LogP contribution is -2.33. The molecule has 0 unspecified atom stereocenters. The number of carbonyl (C=O) groups excluding carboxylic acids is 3. The predicted molar refractivity (Wildman–Crippen MR) is 148 cm³/mol. The van der Waals surface area contributed by atoms with Crippen LogP contribution in [0, 0.1) is 11.3 Å². The molecule has 0 saturated heterocycles. The normalized spacial score (nSPS) is 12.2. The van der Waals surface area contributed by atoms with Gasteiger partial charge in [0.25, 0.3) is 5.91 Å². The zero-order valence-electron chi connectivity index (χ0n) is 21.0. The van der Waals surface area contributed by atoms with Gasteiger partial charge in [-0.2, -0.15) is 5.26 Å². The number of amides is 3. The standard InChI is InChI=1S/C27H22N4O7S2/c1-14(32)31-8-7-18-21(11-28)25(40-22(18)12-31)30-23(33)13-39-17-4-2-3-16(10-17)29-24(34)19-6-5-15(26(35)36)9-20(19)27(37)38/h2-6,9-10H,7-8,12-13H2,1H3,(H,29,34)(H,30,33)(H,35,36)(H,37,38). The average molecular weight is 579 g/mol. The number of thiophene rings is 1. The number of aromatic carboxylic acids is 2. The van der Waals surface area contributed by atoms with E-state index in [9.17, 15) is 34.3 Å². The number of anilines is 2. The Labute approximate surface area is 236 Å². The zero-order valence-corrected chi connectivity index (χ0v) is 22.6. The molecule has 1 aliphatic rings. The zero-order chi connectivity index (χ0) is 29.0. The first-order valence-corrected chi connectivity index (χ1v) is 13.6. The van der Waals surface area contributed by atoms with Crippen molar-refractivity contribution in [3.05, 3.63) is 75.2 Å². The van der Waals surface area contributed by atoms with Gasteiger partial charge in [-0.1, -0.05) is 6.07 Å². The lowest BCUT2D eigenvalue weighted by Gasteiger charge is -2.25.